The molecule has 28 heavy (non-hydrogen) atoms. The predicted octanol–water partition coefficient (Wildman–Crippen LogP) is 1.93. The molecule has 0 spiro atoms. The van der Waals surface area contributed by atoms with Crippen LogP contribution >= 0.6 is 0 Å². The molecule has 1 heterocycles. The smallest absolute Gasteiger partial charge is 0.258 e. The Bertz CT molecular complexity index is 839. The number of nitrogens with zero attached hydrogens (tertiary/aromatic N) is 1. The van der Waals surface area contributed by atoms with Gasteiger partial charge in [0.15, 0.2) is 18.1 Å². The minimum absolute atomic E-state index is 0.00774. The van der Waals surface area contributed by atoms with Crippen molar-refractivity contribution >= 4 is 17.5 Å². The van der Waals surface area contributed by atoms with Crippen molar-refractivity contribution in [1.82, 2.24) is 5.32 Å². The van der Waals surface area contributed by atoms with Crippen LogP contribution in [0.3, 0.4) is 0 Å². The quantitative estimate of drug-likeness (QED) is 0.789. The Morgan fingerprint density at radius 1 is 1.21 bits per heavy atom. The highest BCUT2D eigenvalue weighted by Crippen LogP contribution is 2.25. The molecule has 1 N–H and O–H groups in total. The summed E-state index contributed by atoms with van der Waals surface area (Å²) in [5.74, 6) is 0.713. The highest BCUT2D eigenvalue weighted by Gasteiger charge is 2.27. The van der Waals surface area contributed by atoms with Crippen molar-refractivity contribution in [2.75, 3.05) is 38.3 Å². The van der Waals surface area contributed by atoms with Gasteiger partial charge in [0, 0.05) is 12.2 Å². The maximum Gasteiger partial charge on any atom is 0.258 e. The Labute approximate surface area is 164 Å². The number of rotatable bonds is 7. The molecule has 1 atom stereocenters. The van der Waals surface area contributed by atoms with Crippen molar-refractivity contribution in [1.29, 1.82) is 0 Å². The van der Waals surface area contributed by atoms with Crippen molar-refractivity contribution in [2.24, 2.45) is 0 Å². The Morgan fingerprint density at radius 2 is 2.00 bits per heavy atom. The van der Waals surface area contributed by atoms with Crippen molar-refractivity contribution < 1.29 is 23.8 Å². The molecule has 7 heteroatoms. The van der Waals surface area contributed by atoms with E-state index in [1.807, 2.05) is 43.3 Å². The Morgan fingerprint density at radius 3 is 2.75 bits per heavy atom. The van der Waals surface area contributed by atoms with Gasteiger partial charge in [-0.1, -0.05) is 24.3 Å². The van der Waals surface area contributed by atoms with Gasteiger partial charge in [0.05, 0.1) is 19.8 Å². The van der Waals surface area contributed by atoms with E-state index in [2.05, 4.69) is 5.32 Å². The Hall–Kier alpha value is -3.06. The molecule has 2 aromatic rings. The van der Waals surface area contributed by atoms with Gasteiger partial charge >= 0.3 is 0 Å². The summed E-state index contributed by atoms with van der Waals surface area (Å²) in [6.07, 6.45) is -0.284. The number of hydrogen-bond acceptors (Lipinski definition) is 5. The van der Waals surface area contributed by atoms with Crippen LogP contribution in [-0.2, 0) is 14.3 Å². The van der Waals surface area contributed by atoms with E-state index >= 15 is 0 Å². The van der Waals surface area contributed by atoms with Crippen LogP contribution in [0.1, 0.15) is 5.56 Å². The first-order valence-electron chi connectivity index (χ1n) is 9.08. The zero-order valence-corrected chi connectivity index (χ0v) is 16.0. The number of ether oxygens (including phenoxy) is 3. The summed E-state index contributed by atoms with van der Waals surface area (Å²) in [7, 11) is 1.55. The third kappa shape index (κ3) is 5.01. The van der Waals surface area contributed by atoms with Gasteiger partial charge in [0.25, 0.3) is 11.8 Å². The molecule has 1 fully saturated rings. The summed E-state index contributed by atoms with van der Waals surface area (Å²) >= 11 is 0. The number of nitrogens with one attached hydrogen (secondary N) is 1. The van der Waals surface area contributed by atoms with Gasteiger partial charge in [-0.05, 0) is 36.8 Å². The third-order valence-corrected chi connectivity index (χ3v) is 4.40. The summed E-state index contributed by atoms with van der Waals surface area (Å²) in [6.45, 7) is 2.52. The van der Waals surface area contributed by atoms with Gasteiger partial charge in [-0.2, -0.15) is 0 Å². The number of aryl methyl sites for hydroxylation is 1. The number of carbonyl (C=O) groups excluding carboxylic acids is 2. The number of hydrogen-bond donors (Lipinski definition) is 1. The zero-order chi connectivity index (χ0) is 19.9. The Balaban J connectivity index is 1.50. The van der Waals surface area contributed by atoms with Gasteiger partial charge in [-0.15, -0.1) is 0 Å². The first kappa shape index (κ1) is 19.7. The standard InChI is InChI=1S/C21H24N2O5/c1-15-6-5-7-16(10-15)23-12-17(27-14-21(23)25)11-22-20(24)13-28-19-9-4-3-8-18(19)26-2/h3-10,17H,11-14H2,1-2H3,(H,22,24). The highest BCUT2D eigenvalue weighted by atomic mass is 16.5. The van der Waals surface area contributed by atoms with Crippen LogP contribution in [0.4, 0.5) is 5.69 Å². The predicted molar refractivity (Wildman–Crippen MR) is 105 cm³/mol. The molecule has 1 unspecified atom stereocenters. The van der Waals surface area contributed by atoms with Gasteiger partial charge in [0.2, 0.25) is 0 Å². The number of para-hydroxylation sites is 2. The van der Waals surface area contributed by atoms with Crippen LogP contribution in [0.5, 0.6) is 11.5 Å². The lowest BCUT2D eigenvalue weighted by Crippen LogP contribution is -2.51. The van der Waals surface area contributed by atoms with E-state index in [-0.39, 0.29) is 31.1 Å². The largest absolute Gasteiger partial charge is 0.493 e. The fourth-order valence-electron chi connectivity index (χ4n) is 2.95. The first-order chi connectivity index (χ1) is 13.6. The molecule has 148 valence electrons. The van der Waals surface area contributed by atoms with E-state index < -0.39 is 0 Å². The van der Waals surface area contributed by atoms with E-state index in [0.717, 1.165) is 11.3 Å². The molecule has 1 saturated heterocycles. The first-order valence-corrected chi connectivity index (χ1v) is 9.08. The summed E-state index contributed by atoms with van der Waals surface area (Å²) in [4.78, 5) is 26.0. The number of anilines is 1. The summed E-state index contributed by atoms with van der Waals surface area (Å²) in [5, 5.41) is 2.79. The maximum atomic E-state index is 12.2. The van der Waals surface area contributed by atoms with Crippen LogP contribution in [0, 0.1) is 6.92 Å². The van der Waals surface area contributed by atoms with Crippen LogP contribution < -0.4 is 19.7 Å². The normalized spacial score (nSPS) is 16.6. The van der Waals surface area contributed by atoms with E-state index in [1.165, 1.54) is 0 Å². The summed E-state index contributed by atoms with van der Waals surface area (Å²) in [6, 6.07) is 14.9. The second-order valence-electron chi connectivity index (χ2n) is 6.52. The highest BCUT2D eigenvalue weighted by molar-refractivity contribution is 5.95. The fourth-order valence-corrected chi connectivity index (χ4v) is 2.95. The van der Waals surface area contributed by atoms with Crippen LogP contribution in [0.25, 0.3) is 0 Å². The molecule has 1 aliphatic rings. The molecule has 1 aliphatic heterocycles. The lowest BCUT2D eigenvalue weighted by Gasteiger charge is -2.33. The lowest BCUT2D eigenvalue weighted by atomic mass is 10.1. The molecule has 0 aliphatic carbocycles. The van der Waals surface area contributed by atoms with Crippen molar-refractivity contribution in [3.8, 4) is 11.5 Å². The van der Waals surface area contributed by atoms with Crippen LogP contribution in [0.15, 0.2) is 48.5 Å². The maximum absolute atomic E-state index is 12.2. The molecular formula is C21H24N2O5. The topological polar surface area (TPSA) is 77.1 Å². The number of methoxy groups -OCH3 is 1. The van der Waals surface area contributed by atoms with E-state index in [4.69, 9.17) is 14.2 Å². The SMILES string of the molecule is COc1ccccc1OCC(=O)NCC1CN(c2cccc(C)c2)C(=O)CO1. The van der Waals surface area contributed by atoms with Crippen molar-refractivity contribution in [2.45, 2.75) is 13.0 Å². The minimum Gasteiger partial charge on any atom is -0.493 e. The zero-order valence-electron chi connectivity index (χ0n) is 16.0. The number of benzene rings is 2. The molecule has 3 rings (SSSR count). The van der Waals surface area contributed by atoms with Gasteiger partial charge < -0.3 is 24.4 Å². The fraction of sp³-hybridized carbons (Fsp3) is 0.333. The van der Waals surface area contributed by atoms with E-state index in [1.54, 1.807) is 24.1 Å². The molecule has 0 aromatic heterocycles. The minimum atomic E-state index is -0.284. The molecule has 7 nitrogen and oxygen atoms in total. The van der Waals surface area contributed by atoms with Crippen LogP contribution in [-0.4, -0.2) is 51.3 Å². The molecule has 2 aromatic carbocycles. The summed E-state index contributed by atoms with van der Waals surface area (Å²) < 4.78 is 16.3. The third-order valence-electron chi connectivity index (χ3n) is 4.40. The summed E-state index contributed by atoms with van der Waals surface area (Å²) in [5.41, 5.74) is 1.92. The second kappa shape index (κ2) is 9.23. The Kier molecular flexibility index (Phi) is 6.49. The molecular weight excluding hydrogens is 360 g/mol. The monoisotopic (exact) mass is 384 g/mol. The lowest BCUT2D eigenvalue weighted by molar-refractivity contribution is -0.130. The number of amides is 2. The van der Waals surface area contributed by atoms with E-state index in [9.17, 15) is 9.59 Å². The average Bonchev–Trinajstić information content (AvgIpc) is 2.71. The molecule has 0 radical (unpaired) electrons. The number of carbonyl (C=O) groups is 2. The van der Waals surface area contributed by atoms with Crippen LogP contribution in [0.2, 0.25) is 0 Å². The van der Waals surface area contributed by atoms with Gasteiger partial charge in [0.1, 0.15) is 6.61 Å². The second-order valence-corrected chi connectivity index (χ2v) is 6.52. The van der Waals surface area contributed by atoms with Crippen molar-refractivity contribution in [3.05, 3.63) is 54.1 Å². The average molecular weight is 384 g/mol. The molecule has 0 saturated carbocycles. The molecule has 0 bridgehead atoms. The molecule has 2 amide bonds. The number of morpholine rings is 1. The van der Waals surface area contributed by atoms with E-state index in [0.29, 0.717) is 24.6 Å². The van der Waals surface area contributed by atoms with Crippen molar-refractivity contribution in [3.63, 3.8) is 0 Å². The van der Waals surface area contributed by atoms with Gasteiger partial charge in [-0.25, -0.2) is 0 Å². The van der Waals surface area contributed by atoms with Gasteiger partial charge in [-0.3, -0.25) is 9.59 Å².